The van der Waals surface area contributed by atoms with Crippen LogP contribution in [0.25, 0.3) is 0 Å². The Hall–Kier alpha value is -1.51. The summed E-state index contributed by atoms with van der Waals surface area (Å²) in [7, 11) is 0. The van der Waals surface area contributed by atoms with Gasteiger partial charge in [-0.05, 0) is 50.9 Å². The maximum Gasteiger partial charge on any atom is 0.508 e. The molecule has 0 saturated carbocycles. The fourth-order valence-corrected chi connectivity index (χ4v) is 3.08. The third-order valence-electron chi connectivity index (χ3n) is 4.91. The standard InChI is InChI=1S/C27H48O3/c1-4-5-6-7-8-9-10-11-12-13-14-15-16-17-18-21-24-29-27(28)30-25-22-19-20-23-26(2)3/h5-6,8-9,11-12,26H,4,7,10,13-25H2,1-3H3/b6-5-,9-8-,12-11-. The van der Waals surface area contributed by atoms with Crippen molar-refractivity contribution in [3.05, 3.63) is 36.5 Å². The number of carbonyl (C=O) groups is 1. The maximum atomic E-state index is 11.5. The smallest absolute Gasteiger partial charge is 0.434 e. The average molecular weight is 421 g/mol. The molecule has 0 aromatic heterocycles. The lowest BCUT2D eigenvalue weighted by molar-refractivity contribution is 0.0528. The topological polar surface area (TPSA) is 35.5 Å². The van der Waals surface area contributed by atoms with Gasteiger partial charge in [-0.15, -0.1) is 0 Å². The molecule has 0 unspecified atom stereocenters. The molecule has 0 rings (SSSR count). The zero-order valence-corrected chi connectivity index (χ0v) is 20.1. The average Bonchev–Trinajstić information content (AvgIpc) is 2.72. The molecule has 30 heavy (non-hydrogen) atoms. The van der Waals surface area contributed by atoms with E-state index in [4.69, 9.17) is 9.47 Å². The molecule has 0 N–H and O–H groups in total. The predicted octanol–water partition coefficient (Wildman–Crippen LogP) is 8.95. The fraction of sp³-hybridized carbons (Fsp3) is 0.741. The second kappa shape index (κ2) is 23.8. The van der Waals surface area contributed by atoms with Crippen LogP contribution in [0.3, 0.4) is 0 Å². The molecule has 0 bridgehead atoms. The van der Waals surface area contributed by atoms with Gasteiger partial charge in [-0.2, -0.15) is 0 Å². The van der Waals surface area contributed by atoms with Crippen LogP contribution in [0.5, 0.6) is 0 Å². The minimum Gasteiger partial charge on any atom is -0.434 e. The third kappa shape index (κ3) is 24.5. The number of hydrogen-bond donors (Lipinski definition) is 0. The van der Waals surface area contributed by atoms with Crippen molar-refractivity contribution in [1.29, 1.82) is 0 Å². The van der Waals surface area contributed by atoms with E-state index >= 15 is 0 Å². The number of unbranched alkanes of at least 4 members (excludes halogenated alkanes) is 8. The van der Waals surface area contributed by atoms with Crippen LogP contribution in [0, 0.1) is 5.92 Å². The van der Waals surface area contributed by atoms with E-state index in [9.17, 15) is 4.79 Å². The van der Waals surface area contributed by atoms with Gasteiger partial charge in [0.05, 0.1) is 13.2 Å². The molecule has 0 saturated heterocycles. The minimum atomic E-state index is -0.502. The zero-order chi connectivity index (χ0) is 22.1. The molecule has 0 aliphatic rings. The van der Waals surface area contributed by atoms with E-state index in [0.717, 1.165) is 50.9 Å². The van der Waals surface area contributed by atoms with E-state index in [-0.39, 0.29) is 0 Å². The van der Waals surface area contributed by atoms with Gasteiger partial charge in [-0.25, -0.2) is 4.79 Å². The molecular weight excluding hydrogens is 372 g/mol. The molecule has 0 fully saturated rings. The van der Waals surface area contributed by atoms with E-state index in [1.165, 1.54) is 44.9 Å². The van der Waals surface area contributed by atoms with Crippen LogP contribution < -0.4 is 0 Å². The highest BCUT2D eigenvalue weighted by atomic mass is 16.7. The number of allylic oxidation sites excluding steroid dienone is 6. The Morgan fingerprint density at radius 3 is 1.77 bits per heavy atom. The van der Waals surface area contributed by atoms with Gasteiger partial charge in [-0.3, -0.25) is 0 Å². The second-order valence-corrected chi connectivity index (χ2v) is 8.39. The predicted molar refractivity (Wildman–Crippen MR) is 130 cm³/mol. The van der Waals surface area contributed by atoms with Crippen molar-refractivity contribution in [2.45, 2.75) is 111 Å². The van der Waals surface area contributed by atoms with Crippen LogP contribution in [-0.2, 0) is 9.47 Å². The first-order chi connectivity index (χ1) is 14.7. The van der Waals surface area contributed by atoms with Crippen LogP contribution in [0.15, 0.2) is 36.5 Å². The monoisotopic (exact) mass is 420 g/mol. The van der Waals surface area contributed by atoms with Gasteiger partial charge in [0.2, 0.25) is 0 Å². The van der Waals surface area contributed by atoms with Gasteiger partial charge in [0, 0.05) is 0 Å². The molecule has 3 heteroatoms. The van der Waals surface area contributed by atoms with Crippen LogP contribution >= 0.6 is 0 Å². The van der Waals surface area contributed by atoms with Crippen molar-refractivity contribution >= 4 is 6.16 Å². The quantitative estimate of drug-likeness (QED) is 0.112. The molecule has 3 nitrogen and oxygen atoms in total. The van der Waals surface area contributed by atoms with Crippen LogP contribution in [0.1, 0.15) is 111 Å². The van der Waals surface area contributed by atoms with E-state index in [2.05, 4.69) is 57.2 Å². The van der Waals surface area contributed by atoms with Crippen LogP contribution in [-0.4, -0.2) is 19.4 Å². The second-order valence-electron chi connectivity index (χ2n) is 8.39. The van der Waals surface area contributed by atoms with E-state index in [0.29, 0.717) is 13.2 Å². The molecule has 174 valence electrons. The maximum absolute atomic E-state index is 11.5. The Balaban J connectivity index is 3.27. The van der Waals surface area contributed by atoms with Crippen molar-refractivity contribution in [3.63, 3.8) is 0 Å². The van der Waals surface area contributed by atoms with Gasteiger partial charge in [0.1, 0.15) is 0 Å². The first kappa shape index (κ1) is 28.5. The van der Waals surface area contributed by atoms with E-state index in [1.807, 2.05) is 0 Å². The lowest BCUT2D eigenvalue weighted by Gasteiger charge is -2.07. The SMILES string of the molecule is CC/C=C\C/C=C\C/C=C\CCCCCCCCOC(=O)OCCCCCC(C)C. The molecule has 0 radical (unpaired) electrons. The summed E-state index contributed by atoms with van der Waals surface area (Å²) in [6.45, 7) is 7.60. The summed E-state index contributed by atoms with van der Waals surface area (Å²) < 4.78 is 10.2. The number of hydrogen-bond acceptors (Lipinski definition) is 3. The Morgan fingerprint density at radius 2 is 1.17 bits per heavy atom. The summed E-state index contributed by atoms with van der Waals surface area (Å²) >= 11 is 0. The van der Waals surface area contributed by atoms with Gasteiger partial charge in [0.15, 0.2) is 0 Å². The Kier molecular flexibility index (Phi) is 22.6. The van der Waals surface area contributed by atoms with Crippen molar-refractivity contribution in [1.82, 2.24) is 0 Å². The van der Waals surface area contributed by atoms with Gasteiger partial charge in [-0.1, -0.05) is 102 Å². The third-order valence-corrected chi connectivity index (χ3v) is 4.91. The summed E-state index contributed by atoms with van der Waals surface area (Å²) in [5.41, 5.74) is 0. The van der Waals surface area contributed by atoms with Crippen LogP contribution in [0.2, 0.25) is 0 Å². The molecule has 0 heterocycles. The van der Waals surface area contributed by atoms with Gasteiger partial charge in [0.25, 0.3) is 0 Å². The first-order valence-corrected chi connectivity index (χ1v) is 12.4. The Labute approximate surface area is 187 Å². The highest BCUT2D eigenvalue weighted by Gasteiger charge is 2.03. The van der Waals surface area contributed by atoms with Gasteiger partial charge >= 0.3 is 6.16 Å². The van der Waals surface area contributed by atoms with Crippen LogP contribution in [0.4, 0.5) is 4.79 Å². The molecule has 0 amide bonds. The Bertz CT molecular complexity index is 449. The van der Waals surface area contributed by atoms with E-state index in [1.54, 1.807) is 0 Å². The largest absolute Gasteiger partial charge is 0.508 e. The van der Waals surface area contributed by atoms with Crippen molar-refractivity contribution in [2.24, 2.45) is 5.92 Å². The highest BCUT2D eigenvalue weighted by Crippen LogP contribution is 2.09. The molecular formula is C27H48O3. The normalized spacial score (nSPS) is 12.0. The molecule has 0 atom stereocenters. The lowest BCUT2D eigenvalue weighted by atomic mass is 10.1. The molecule has 0 aliphatic heterocycles. The lowest BCUT2D eigenvalue weighted by Crippen LogP contribution is -2.09. The fourth-order valence-electron chi connectivity index (χ4n) is 3.08. The number of ether oxygens (including phenoxy) is 2. The summed E-state index contributed by atoms with van der Waals surface area (Å²) in [6.07, 6.45) is 28.9. The summed E-state index contributed by atoms with van der Waals surface area (Å²) in [4.78, 5) is 11.5. The highest BCUT2D eigenvalue weighted by molar-refractivity contribution is 5.59. The summed E-state index contributed by atoms with van der Waals surface area (Å²) in [6, 6.07) is 0. The van der Waals surface area contributed by atoms with Crippen molar-refractivity contribution in [3.8, 4) is 0 Å². The van der Waals surface area contributed by atoms with Crippen molar-refractivity contribution < 1.29 is 14.3 Å². The molecule has 0 aromatic carbocycles. The number of carbonyl (C=O) groups excluding carboxylic acids is 1. The number of rotatable bonds is 20. The molecule has 0 aliphatic carbocycles. The van der Waals surface area contributed by atoms with Gasteiger partial charge < -0.3 is 9.47 Å². The minimum absolute atomic E-state index is 0.483. The molecule has 0 spiro atoms. The first-order valence-electron chi connectivity index (χ1n) is 12.4. The summed E-state index contributed by atoms with van der Waals surface area (Å²) in [5, 5.41) is 0. The Morgan fingerprint density at radius 1 is 0.667 bits per heavy atom. The van der Waals surface area contributed by atoms with Crippen molar-refractivity contribution in [2.75, 3.05) is 13.2 Å². The van der Waals surface area contributed by atoms with E-state index < -0.39 is 6.16 Å². The zero-order valence-electron chi connectivity index (χ0n) is 20.1. The summed E-state index contributed by atoms with van der Waals surface area (Å²) in [5.74, 6) is 0.753. The molecule has 0 aromatic rings.